The van der Waals surface area contributed by atoms with E-state index in [1.54, 1.807) is 0 Å². The van der Waals surface area contributed by atoms with Crippen LogP contribution in [0, 0.1) is 0 Å². The molecule has 9 heavy (non-hydrogen) atoms. The van der Waals surface area contributed by atoms with Crippen LogP contribution in [0.25, 0.3) is 0 Å². The molecule has 1 heterocycles. The maximum absolute atomic E-state index is 10.3. The highest BCUT2D eigenvalue weighted by Gasteiger charge is 2.26. The van der Waals surface area contributed by atoms with Crippen LogP contribution in [0.5, 0.6) is 0 Å². The van der Waals surface area contributed by atoms with E-state index in [9.17, 15) is 4.79 Å². The molecule has 0 amide bonds. The summed E-state index contributed by atoms with van der Waals surface area (Å²) in [5.41, 5.74) is 0. The fourth-order valence-electron chi connectivity index (χ4n) is 0.538. The minimum atomic E-state index is -0.704. The third kappa shape index (κ3) is 0.937. The van der Waals surface area contributed by atoms with E-state index in [4.69, 9.17) is 0 Å². The number of rotatable bonds is 1. The summed E-state index contributed by atoms with van der Waals surface area (Å²) in [6.45, 7) is 6.83. The molecule has 1 atom stereocenters. The van der Waals surface area contributed by atoms with Crippen LogP contribution in [0.3, 0.4) is 0 Å². The second kappa shape index (κ2) is 1.93. The fraction of sp³-hybridized carbons (Fsp3) is 0.167. The van der Waals surface area contributed by atoms with Gasteiger partial charge in [0.15, 0.2) is 6.10 Å². The number of cyclic esters (lactones) is 2. The van der Waals surface area contributed by atoms with Crippen molar-refractivity contribution in [2.75, 3.05) is 0 Å². The van der Waals surface area contributed by atoms with Gasteiger partial charge in [0.1, 0.15) is 5.76 Å². The SMILES string of the molecule is C=CC1OC(=O)OC1=C. The predicted molar refractivity (Wildman–Crippen MR) is 30.7 cm³/mol. The first-order chi connectivity index (χ1) is 4.24. The van der Waals surface area contributed by atoms with Gasteiger partial charge in [0.05, 0.1) is 0 Å². The van der Waals surface area contributed by atoms with E-state index in [1.807, 2.05) is 0 Å². The lowest BCUT2D eigenvalue weighted by molar-refractivity contribution is 0.127. The summed E-state index contributed by atoms with van der Waals surface area (Å²) in [6, 6.07) is 0. The normalized spacial score (nSPS) is 25.1. The summed E-state index contributed by atoms with van der Waals surface area (Å²) in [5, 5.41) is 0. The molecule has 48 valence electrons. The number of carbonyl (C=O) groups excluding carboxylic acids is 1. The maximum atomic E-state index is 10.3. The number of hydrogen-bond donors (Lipinski definition) is 0. The van der Waals surface area contributed by atoms with E-state index >= 15 is 0 Å². The zero-order valence-electron chi connectivity index (χ0n) is 4.79. The molecule has 3 heteroatoms. The smallest absolute Gasteiger partial charge is 0.418 e. The summed E-state index contributed by atoms with van der Waals surface area (Å²) >= 11 is 0. The van der Waals surface area contributed by atoms with Crippen LogP contribution < -0.4 is 0 Å². The summed E-state index contributed by atoms with van der Waals surface area (Å²) in [6.07, 6.45) is 0.287. The molecule has 0 aromatic heterocycles. The first kappa shape index (κ1) is 5.88. The topological polar surface area (TPSA) is 35.5 Å². The first-order valence-electron chi connectivity index (χ1n) is 2.44. The highest BCUT2D eigenvalue weighted by molar-refractivity contribution is 5.65. The summed E-state index contributed by atoms with van der Waals surface area (Å²) in [5.74, 6) is 0.301. The lowest BCUT2D eigenvalue weighted by Crippen LogP contribution is -2.01. The van der Waals surface area contributed by atoms with Crippen molar-refractivity contribution < 1.29 is 14.3 Å². The average molecular weight is 126 g/mol. The predicted octanol–water partition coefficient (Wildman–Crippen LogP) is 1.22. The van der Waals surface area contributed by atoms with Crippen LogP contribution in [0.2, 0.25) is 0 Å². The molecule has 0 N–H and O–H groups in total. The molecule has 0 bridgehead atoms. The van der Waals surface area contributed by atoms with Gasteiger partial charge in [-0.15, -0.1) is 0 Å². The van der Waals surface area contributed by atoms with E-state index in [-0.39, 0.29) is 0 Å². The van der Waals surface area contributed by atoms with Crippen LogP contribution in [0.4, 0.5) is 4.79 Å². The molecule has 1 saturated heterocycles. The van der Waals surface area contributed by atoms with Gasteiger partial charge in [0.2, 0.25) is 0 Å². The Hall–Kier alpha value is -1.25. The summed E-state index contributed by atoms with van der Waals surface area (Å²) in [4.78, 5) is 10.3. The van der Waals surface area contributed by atoms with E-state index in [0.29, 0.717) is 5.76 Å². The Morgan fingerprint density at radius 3 is 2.56 bits per heavy atom. The molecule has 0 aromatic carbocycles. The van der Waals surface area contributed by atoms with E-state index in [1.165, 1.54) is 6.08 Å². The second-order valence-corrected chi connectivity index (χ2v) is 1.59. The van der Waals surface area contributed by atoms with Crippen molar-refractivity contribution in [3.63, 3.8) is 0 Å². The minimum absolute atomic E-state index is 0.301. The number of hydrogen-bond acceptors (Lipinski definition) is 3. The van der Waals surface area contributed by atoms with E-state index in [0.717, 1.165) is 0 Å². The van der Waals surface area contributed by atoms with Crippen molar-refractivity contribution in [1.29, 1.82) is 0 Å². The molecule has 0 aromatic rings. The Balaban J connectivity index is 2.68. The van der Waals surface area contributed by atoms with Crippen LogP contribution >= 0.6 is 0 Å². The van der Waals surface area contributed by atoms with Crippen LogP contribution in [0.1, 0.15) is 0 Å². The van der Waals surface area contributed by atoms with Gasteiger partial charge >= 0.3 is 6.16 Å². The highest BCUT2D eigenvalue weighted by atomic mass is 16.8. The highest BCUT2D eigenvalue weighted by Crippen LogP contribution is 2.16. The standard InChI is InChI=1S/C6H6O3/c1-3-5-4(2)8-6(7)9-5/h3,5H,1-2H2. The van der Waals surface area contributed by atoms with Crippen LogP contribution in [-0.2, 0) is 9.47 Å². The molecule has 1 rings (SSSR count). The Labute approximate surface area is 52.6 Å². The zero-order chi connectivity index (χ0) is 6.85. The maximum Gasteiger partial charge on any atom is 0.514 e. The number of carbonyl (C=O) groups is 1. The van der Waals surface area contributed by atoms with Gasteiger partial charge in [-0.1, -0.05) is 13.2 Å². The molecular weight excluding hydrogens is 120 g/mol. The minimum Gasteiger partial charge on any atom is -0.418 e. The molecule has 1 unspecified atom stereocenters. The van der Waals surface area contributed by atoms with Gasteiger partial charge in [-0.05, 0) is 6.08 Å². The van der Waals surface area contributed by atoms with Gasteiger partial charge in [-0.3, -0.25) is 0 Å². The Kier molecular flexibility index (Phi) is 1.26. The Morgan fingerprint density at radius 1 is 1.67 bits per heavy atom. The van der Waals surface area contributed by atoms with Gasteiger partial charge in [-0.25, -0.2) is 4.79 Å². The van der Waals surface area contributed by atoms with E-state index in [2.05, 4.69) is 22.6 Å². The zero-order valence-corrected chi connectivity index (χ0v) is 4.79. The second-order valence-electron chi connectivity index (χ2n) is 1.59. The molecule has 0 aliphatic carbocycles. The molecule has 1 aliphatic rings. The molecule has 0 spiro atoms. The van der Waals surface area contributed by atoms with Gasteiger partial charge in [-0.2, -0.15) is 0 Å². The third-order valence-electron chi connectivity index (χ3n) is 0.969. The van der Waals surface area contributed by atoms with Crippen molar-refractivity contribution in [3.8, 4) is 0 Å². The molecule has 1 fully saturated rings. The van der Waals surface area contributed by atoms with Crippen LogP contribution in [0.15, 0.2) is 25.0 Å². The summed E-state index contributed by atoms with van der Waals surface area (Å²) in [7, 11) is 0. The molecule has 0 radical (unpaired) electrons. The van der Waals surface area contributed by atoms with Gasteiger partial charge in [0, 0.05) is 0 Å². The van der Waals surface area contributed by atoms with E-state index < -0.39 is 12.3 Å². The van der Waals surface area contributed by atoms with Gasteiger partial charge < -0.3 is 9.47 Å². The Bertz CT molecular complexity index is 171. The monoisotopic (exact) mass is 126 g/mol. The third-order valence-corrected chi connectivity index (χ3v) is 0.969. The van der Waals surface area contributed by atoms with Crippen molar-refractivity contribution in [2.45, 2.75) is 6.10 Å². The van der Waals surface area contributed by atoms with Crippen molar-refractivity contribution >= 4 is 6.16 Å². The van der Waals surface area contributed by atoms with Crippen molar-refractivity contribution in [1.82, 2.24) is 0 Å². The first-order valence-corrected chi connectivity index (χ1v) is 2.44. The molecule has 3 nitrogen and oxygen atoms in total. The van der Waals surface area contributed by atoms with Gasteiger partial charge in [0.25, 0.3) is 0 Å². The van der Waals surface area contributed by atoms with Crippen molar-refractivity contribution in [2.24, 2.45) is 0 Å². The fourth-order valence-corrected chi connectivity index (χ4v) is 0.538. The Morgan fingerprint density at radius 2 is 2.33 bits per heavy atom. The number of ether oxygens (including phenoxy) is 2. The lowest BCUT2D eigenvalue weighted by Gasteiger charge is -1.95. The quantitative estimate of drug-likeness (QED) is 0.391. The average Bonchev–Trinajstić information content (AvgIpc) is 2.10. The molecule has 0 saturated carbocycles. The largest absolute Gasteiger partial charge is 0.514 e. The molecule has 1 aliphatic heterocycles. The van der Waals surface area contributed by atoms with Crippen LogP contribution in [-0.4, -0.2) is 12.3 Å². The molecular formula is C6H6O3. The van der Waals surface area contributed by atoms with Crippen molar-refractivity contribution in [3.05, 3.63) is 25.0 Å². The summed E-state index contributed by atoms with van der Waals surface area (Å²) < 4.78 is 8.98. The lowest BCUT2D eigenvalue weighted by atomic mass is 10.3.